The Labute approximate surface area is 166 Å². The van der Waals surface area contributed by atoms with E-state index in [4.69, 9.17) is 0 Å². The number of rotatable bonds is 4. The Morgan fingerprint density at radius 1 is 0.931 bits per heavy atom. The second-order valence-electron chi connectivity index (χ2n) is 7.59. The molecular formula is C21H19F2N5O. The van der Waals surface area contributed by atoms with Gasteiger partial charge in [-0.05, 0) is 54.0 Å². The third kappa shape index (κ3) is 3.44. The number of nitrogens with zero attached hydrogens (tertiary/aromatic N) is 5. The first-order valence-electron chi connectivity index (χ1n) is 9.61. The van der Waals surface area contributed by atoms with Crippen molar-refractivity contribution in [2.24, 2.45) is 0 Å². The molecular weight excluding hydrogens is 376 g/mol. The first kappa shape index (κ1) is 18.1. The lowest BCUT2D eigenvalue weighted by molar-refractivity contribution is 0.198. The number of halogens is 2. The van der Waals surface area contributed by atoms with Crippen molar-refractivity contribution in [1.82, 2.24) is 19.9 Å². The summed E-state index contributed by atoms with van der Waals surface area (Å²) >= 11 is 0. The van der Waals surface area contributed by atoms with E-state index in [-0.39, 0.29) is 17.5 Å². The van der Waals surface area contributed by atoms with Gasteiger partial charge < -0.3 is 10.0 Å². The van der Waals surface area contributed by atoms with Gasteiger partial charge in [-0.2, -0.15) is 0 Å². The number of aromatic nitrogens is 4. The van der Waals surface area contributed by atoms with Crippen molar-refractivity contribution in [3.63, 3.8) is 0 Å². The molecule has 2 fully saturated rings. The van der Waals surface area contributed by atoms with Crippen LogP contribution in [0.15, 0.2) is 43.0 Å². The maximum atomic E-state index is 14.3. The molecule has 0 spiro atoms. The molecule has 1 aliphatic heterocycles. The largest absolute Gasteiger partial charge is 0.391 e. The Morgan fingerprint density at radius 3 is 2.31 bits per heavy atom. The Morgan fingerprint density at radius 2 is 1.62 bits per heavy atom. The summed E-state index contributed by atoms with van der Waals surface area (Å²) in [4.78, 5) is 18.7. The maximum absolute atomic E-state index is 14.3. The maximum Gasteiger partial charge on any atom is 0.197 e. The molecule has 3 atom stereocenters. The predicted octanol–water partition coefficient (Wildman–Crippen LogP) is 3.05. The molecule has 1 saturated heterocycles. The van der Waals surface area contributed by atoms with Crippen LogP contribution in [0.25, 0.3) is 11.6 Å². The molecule has 0 amide bonds. The summed E-state index contributed by atoms with van der Waals surface area (Å²) in [7, 11) is 0. The second kappa shape index (κ2) is 7.11. The van der Waals surface area contributed by atoms with Gasteiger partial charge in [-0.15, -0.1) is 0 Å². The van der Waals surface area contributed by atoms with E-state index in [1.807, 2.05) is 0 Å². The molecule has 0 unspecified atom stereocenters. The fourth-order valence-corrected chi connectivity index (χ4v) is 3.99. The van der Waals surface area contributed by atoms with Crippen LogP contribution in [0.4, 0.5) is 14.5 Å². The minimum absolute atomic E-state index is 0.0961. The van der Waals surface area contributed by atoms with E-state index < -0.39 is 17.7 Å². The molecule has 3 heterocycles. The van der Waals surface area contributed by atoms with E-state index in [1.165, 1.54) is 6.07 Å². The van der Waals surface area contributed by atoms with Crippen LogP contribution >= 0.6 is 0 Å². The molecule has 1 N–H and O–H groups in total. The van der Waals surface area contributed by atoms with Crippen LogP contribution in [0, 0.1) is 11.6 Å². The Bertz CT molecular complexity index is 1030. The molecule has 3 aromatic rings. The SMILES string of the molecule is O[C@@H]1CCN(c2cc([C@@H]3C[C@H]3c3cnc(-c4ncccn4)nc3)cc(F)c2F)C1. The van der Waals surface area contributed by atoms with E-state index in [9.17, 15) is 13.9 Å². The molecule has 2 aromatic heterocycles. The van der Waals surface area contributed by atoms with E-state index >= 15 is 0 Å². The van der Waals surface area contributed by atoms with Crippen molar-refractivity contribution in [3.05, 3.63) is 65.7 Å². The molecule has 1 aliphatic carbocycles. The summed E-state index contributed by atoms with van der Waals surface area (Å²) in [6.07, 6.45) is 7.66. The van der Waals surface area contributed by atoms with E-state index in [1.54, 1.807) is 41.8 Å². The minimum atomic E-state index is -0.851. The molecule has 1 aromatic carbocycles. The normalized spacial score (nSPS) is 23.4. The molecule has 1 saturated carbocycles. The molecule has 6 nitrogen and oxygen atoms in total. The number of anilines is 1. The van der Waals surface area contributed by atoms with Crippen LogP contribution in [0.1, 0.15) is 35.8 Å². The monoisotopic (exact) mass is 395 g/mol. The van der Waals surface area contributed by atoms with Gasteiger partial charge in [-0.25, -0.2) is 28.7 Å². The predicted molar refractivity (Wildman–Crippen MR) is 102 cm³/mol. The summed E-state index contributed by atoms with van der Waals surface area (Å²) in [5, 5.41) is 9.73. The number of β-amino-alcohol motifs (C(OH)–C–C–N with tert-alkyl or cyclic N) is 1. The van der Waals surface area contributed by atoms with Crippen molar-refractivity contribution < 1.29 is 13.9 Å². The Kier molecular flexibility index (Phi) is 4.43. The third-order valence-corrected chi connectivity index (χ3v) is 5.62. The van der Waals surface area contributed by atoms with Crippen LogP contribution in [0.2, 0.25) is 0 Å². The zero-order valence-corrected chi connectivity index (χ0v) is 15.5. The Balaban J connectivity index is 1.36. The first-order valence-corrected chi connectivity index (χ1v) is 9.61. The molecule has 29 heavy (non-hydrogen) atoms. The van der Waals surface area contributed by atoms with Crippen molar-refractivity contribution in [3.8, 4) is 11.6 Å². The molecule has 5 rings (SSSR count). The minimum Gasteiger partial charge on any atom is -0.391 e. The van der Waals surface area contributed by atoms with Gasteiger partial charge in [0.1, 0.15) is 0 Å². The van der Waals surface area contributed by atoms with E-state index in [2.05, 4.69) is 19.9 Å². The first-order chi connectivity index (χ1) is 14.1. The average molecular weight is 395 g/mol. The van der Waals surface area contributed by atoms with Crippen molar-refractivity contribution in [2.45, 2.75) is 30.8 Å². The number of hydrogen-bond donors (Lipinski definition) is 1. The number of benzene rings is 1. The van der Waals surface area contributed by atoms with E-state index in [0.717, 1.165) is 17.5 Å². The molecule has 0 radical (unpaired) electrons. The summed E-state index contributed by atoms with van der Waals surface area (Å²) in [5.74, 6) is -0.520. The fourth-order valence-electron chi connectivity index (χ4n) is 3.99. The zero-order chi connectivity index (χ0) is 20.0. The van der Waals surface area contributed by atoms with Gasteiger partial charge in [-0.3, -0.25) is 0 Å². The van der Waals surface area contributed by atoms with Gasteiger partial charge in [0.25, 0.3) is 0 Å². The Hall–Kier alpha value is -3.00. The van der Waals surface area contributed by atoms with Crippen molar-refractivity contribution in [1.29, 1.82) is 0 Å². The van der Waals surface area contributed by atoms with Crippen LogP contribution < -0.4 is 4.90 Å². The number of hydrogen-bond acceptors (Lipinski definition) is 6. The molecule has 8 heteroatoms. The topological polar surface area (TPSA) is 75.0 Å². The lowest BCUT2D eigenvalue weighted by Gasteiger charge is -2.20. The van der Waals surface area contributed by atoms with Crippen LogP contribution in [-0.2, 0) is 0 Å². The summed E-state index contributed by atoms with van der Waals surface area (Å²) in [6.45, 7) is 0.844. The third-order valence-electron chi connectivity index (χ3n) is 5.62. The standard InChI is InChI=1S/C21H19F2N5O/c22-17-6-12(7-18(19(17)23)28-5-2-14(29)11-28)15-8-16(15)13-9-26-21(27-10-13)20-24-3-1-4-25-20/h1,3-4,6-7,9-10,14-16,29H,2,5,8,11H2/t14-,15+,16+/m1/s1. The fraction of sp³-hybridized carbons (Fsp3) is 0.333. The summed E-state index contributed by atoms with van der Waals surface area (Å²) < 4.78 is 28.6. The average Bonchev–Trinajstić information content (AvgIpc) is 3.44. The van der Waals surface area contributed by atoms with Gasteiger partial charge in [0, 0.05) is 37.9 Å². The highest BCUT2D eigenvalue weighted by Gasteiger charge is 2.41. The molecule has 2 aliphatic rings. The van der Waals surface area contributed by atoms with Crippen molar-refractivity contribution in [2.75, 3.05) is 18.0 Å². The highest BCUT2D eigenvalue weighted by Crippen LogP contribution is 2.55. The van der Waals surface area contributed by atoms with E-state index in [0.29, 0.717) is 31.2 Å². The molecule has 148 valence electrons. The van der Waals surface area contributed by atoms with Gasteiger partial charge >= 0.3 is 0 Å². The number of aliphatic hydroxyl groups is 1. The zero-order valence-electron chi connectivity index (χ0n) is 15.5. The van der Waals surface area contributed by atoms with Gasteiger partial charge in [0.2, 0.25) is 0 Å². The van der Waals surface area contributed by atoms with Gasteiger partial charge in [0.05, 0.1) is 11.8 Å². The highest BCUT2D eigenvalue weighted by molar-refractivity contribution is 5.54. The quantitative estimate of drug-likeness (QED) is 0.732. The van der Waals surface area contributed by atoms with Crippen LogP contribution in [-0.4, -0.2) is 44.2 Å². The van der Waals surface area contributed by atoms with Gasteiger partial charge in [-0.1, -0.05) is 0 Å². The lowest BCUT2D eigenvalue weighted by atomic mass is 10.0. The van der Waals surface area contributed by atoms with Crippen molar-refractivity contribution >= 4 is 5.69 Å². The lowest BCUT2D eigenvalue weighted by Crippen LogP contribution is -2.22. The smallest absolute Gasteiger partial charge is 0.197 e. The summed E-state index contributed by atoms with van der Waals surface area (Å²) in [6, 6.07) is 4.72. The summed E-state index contributed by atoms with van der Waals surface area (Å²) in [5.41, 5.74) is 1.95. The van der Waals surface area contributed by atoms with Crippen LogP contribution in [0.3, 0.4) is 0 Å². The highest BCUT2D eigenvalue weighted by atomic mass is 19.2. The van der Waals surface area contributed by atoms with Gasteiger partial charge in [0.15, 0.2) is 23.3 Å². The molecule has 0 bridgehead atoms. The second-order valence-corrected chi connectivity index (χ2v) is 7.59. The van der Waals surface area contributed by atoms with Crippen LogP contribution in [0.5, 0.6) is 0 Å². The number of aliphatic hydroxyl groups excluding tert-OH is 1.